The Kier molecular flexibility index (Phi) is 14.0. The summed E-state index contributed by atoms with van der Waals surface area (Å²) in [5.74, 6) is 0.0253. The van der Waals surface area contributed by atoms with E-state index in [0.29, 0.717) is 66.9 Å². The molecule has 0 saturated carbocycles. The molecule has 0 unspecified atom stereocenters. The number of hydrogen-bond donors (Lipinski definition) is 2. The molecule has 19 heteroatoms. The number of benzene rings is 4. The Balaban J connectivity index is 0.000000234. The van der Waals surface area contributed by atoms with E-state index in [0.717, 1.165) is 78.0 Å². The second-order valence-corrected chi connectivity index (χ2v) is 14.8. The molecule has 0 aliphatic carbocycles. The van der Waals surface area contributed by atoms with Crippen LogP contribution in [-0.4, -0.2) is 60.3 Å². The van der Waals surface area contributed by atoms with E-state index < -0.39 is 47.0 Å². The van der Waals surface area contributed by atoms with Crippen LogP contribution in [0.25, 0.3) is 0 Å². The molecule has 0 aromatic heterocycles. The minimum atomic E-state index is -5.91. The van der Waals surface area contributed by atoms with Gasteiger partial charge in [-0.1, -0.05) is 67.6 Å². The second kappa shape index (κ2) is 18.2. The topological polar surface area (TPSA) is 90.3 Å². The lowest BCUT2D eigenvalue weighted by molar-refractivity contribution is -0.376. The monoisotopic (exact) mass is 892 g/mol. The fourth-order valence-corrected chi connectivity index (χ4v) is 7.45. The zero-order chi connectivity index (χ0) is 45.9. The van der Waals surface area contributed by atoms with Crippen molar-refractivity contribution in [1.29, 1.82) is 0 Å². The van der Waals surface area contributed by atoms with Crippen LogP contribution in [0.1, 0.15) is 75.5 Å². The van der Waals surface area contributed by atoms with Crippen molar-refractivity contribution in [3.05, 3.63) is 129 Å². The standard InChI is InChI=1S/C22H21F6NO2.C21H19F6NO3/c1-2-19(30)16-7-10-18-15(12-16)4-3-11-29(18)13-14-5-8-17(9-6-14)20(31,21(23,24)25)22(26,27)28;22-20(23,24)19(30,21(25,26)27)17-6-3-14(4-7-17)11-28-9-1-2-16-10-15(12-31-13-29)5-8-18(16)28/h5-10,12,31H,2-4,11,13H2,1H3;3-8,10,13,30H,1-2,9,11-12H2. The summed E-state index contributed by atoms with van der Waals surface area (Å²) >= 11 is 0. The molecule has 7 nitrogen and oxygen atoms in total. The lowest BCUT2D eigenvalue weighted by Crippen LogP contribution is -2.53. The van der Waals surface area contributed by atoms with Crippen LogP contribution < -0.4 is 9.80 Å². The number of nitrogens with zero attached hydrogens (tertiary/aromatic N) is 2. The van der Waals surface area contributed by atoms with E-state index in [1.54, 1.807) is 19.1 Å². The van der Waals surface area contributed by atoms with E-state index in [1.807, 2.05) is 34.1 Å². The minimum Gasteiger partial charge on any atom is -0.463 e. The molecule has 2 aliphatic heterocycles. The number of rotatable bonds is 11. The number of ketones is 1. The van der Waals surface area contributed by atoms with Gasteiger partial charge in [0.25, 0.3) is 17.7 Å². The third-order valence-electron chi connectivity index (χ3n) is 10.7. The molecule has 6 rings (SSSR count). The Hall–Kier alpha value is -5.30. The quantitative estimate of drug-likeness (QED) is 0.0881. The number of Topliss-reactive ketones (excluding diaryl/α,β-unsaturated/α-hetero) is 1. The predicted molar refractivity (Wildman–Crippen MR) is 202 cm³/mol. The summed E-state index contributed by atoms with van der Waals surface area (Å²) in [6.07, 6.45) is -20.1. The van der Waals surface area contributed by atoms with Gasteiger partial charge in [-0.25, -0.2) is 0 Å². The van der Waals surface area contributed by atoms with Gasteiger partial charge in [0.1, 0.15) is 6.61 Å². The van der Waals surface area contributed by atoms with Gasteiger partial charge in [-0.05, 0) is 77.8 Å². The van der Waals surface area contributed by atoms with Crippen molar-refractivity contribution in [3.63, 3.8) is 0 Å². The van der Waals surface area contributed by atoms with Crippen molar-refractivity contribution in [2.45, 2.75) is 94.6 Å². The van der Waals surface area contributed by atoms with Gasteiger partial charge < -0.3 is 24.7 Å². The third kappa shape index (κ3) is 9.83. The summed E-state index contributed by atoms with van der Waals surface area (Å²) in [4.78, 5) is 26.2. The van der Waals surface area contributed by atoms with Crippen molar-refractivity contribution in [3.8, 4) is 0 Å². The number of aliphatic hydroxyl groups is 2. The normalized spacial score (nSPS) is 15.0. The fourth-order valence-electron chi connectivity index (χ4n) is 7.45. The number of carbonyl (C=O) groups excluding carboxylic acids is 2. The van der Waals surface area contributed by atoms with E-state index in [1.165, 1.54) is 0 Å². The number of fused-ring (bicyclic) bond motifs is 2. The summed E-state index contributed by atoms with van der Waals surface area (Å²) in [7, 11) is 0. The number of alkyl halides is 12. The van der Waals surface area contributed by atoms with Crippen molar-refractivity contribution < 1.29 is 77.2 Å². The van der Waals surface area contributed by atoms with E-state index in [-0.39, 0.29) is 25.5 Å². The van der Waals surface area contributed by atoms with Gasteiger partial charge in [-0.2, -0.15) is 52.7 Å². The molecule has 0 spiro atoms. The van der Waals surface area contributed by atoms with Gasteiger partial charge in [0.15, 0.2) is 5.78 Å². The average molecular weight is 893 g/mol. The van der Waals surface area contributed by atoms with E-state index in [2.05, 4.69) is 0 Å². The largest absolute Gasteiger partial charge is 0.463 e. The van der Waals surface area contributed by atoms with Crippen LogP contribution in [0.3, 0.4) is 0 Å². The first-order valence-electron chi connectivity index (χ1n) is 19.1. The van der Waals surface area contributed by atoms with Crippen LogP contribution in [0.5, 0.6) is 0 Å². The van der Waals surface area contributed by atoms with Crippen LogP contribution in [-0.2, 0) is 53.3 Å². The number of ether oxygens (including phenoxy) is 1. The van der Waals surface area contributed by atoms with Gasteiger partial charge in [0.2, 0.25) is 0 Å². The summed E-state index contributed by atoms with van der Waals surface area (Å²) < 4.78 is 161. The summed E-state index contributed by atoms with van der Waals surface area (Å²) in [6.45, 7) is 4.13. The molecule has 2 N–H and O–H groups in total. The van der Waals surface area contributed by atoms with Gasteiger partial charge in [0.05, 0.1) is 0 Å². The molecule has 2 heterocycles. The van der Waals surface area contributed by atoms with Crippen LogP contribution >= 0.6 is 0 Å². The maximum absolute atomic E-state index is 13.0. The first kappa shape index (κ1) is 47.7. The Labute approximate surface area is 347 Å². The van der Waals surface area contributed by atoms with E-state index in [9.17, 15) is 72.5 Å². The predicted octanol–water partition coefficient (Wildman–Crippen LogP) is 10.2. The zero-order valence-corrected chi connectivity index (χ0v) is 32.8. The number of aryl methyl sites for hydroxylation is 2. The first-order chi connectivity index (χ1) is 28.9. The van der Waals surface area contributed by atoms with Crippen LogP contribution in [0.4, 0.5) is 64.1 Å². The summed E-state index contributed by atoms with van der Waals surface area (Å²) in [5.41, 5.74) is -6.24. The summed E-state index contributed by atoms with van der Waals surface area (Å²) in [6, 6.07) is 18.1. The molecule has 62 heavy (non-hydrogen) atoms. The average Bonchev–Trinajstić information content (AvgIpc) is 3.21. The highest BCUT2D eigenvalue weighted by Crippen LogP contribution is 2.51. The fraction of sp³-hybridized carbons (Fsp3) is 0.395. The van der Waals surface area contributed by atoms with Crippen LogP contribution in [0, 0.1) is 0 Å². The van der Waals surface area contributed by atoms with E-state index >= 15 is 0 Å². The van der Waals surface area contributed by atoms with Crippen molar-refractivity contribution >= 4 is 23.6 Å². The Morgan fingerprint density at radius 2 is 0.984 bits per heavy atom. The van der Waals surface area contributed by atoms with Gasteiger partial charge in [-0.3, -0.25) is 9.59 Å². The zero-order valence-electron chi connectivity index (χ0n) is 32.8. The summed E-state index contributed by atoms with van der Waals surface area (Å²) in [5, 5.41) is 19.0. The smallest absolute Gasteiger partial charge is 0.430 e. The molecule has 0 radical (unpaired) electrons. The number of carbonyl (C=O) groups is 2. The second-order valence-electron chi connectivity index (χ2n) is 14.8. The molecular weight excluding hydrogens is 852 g/mol. The highest BCUT2D eigenvalue weighted by Gasteiger charge is 2.72. The molecule has 336 valence electrons. The number of anilines is 2. The molecule has 0 saturated heterocycles. The lowest BCUT2D eigenvalue weighted by Gasteiger charge is -2.33. The number of halogens is 12. The molecule has 4 aromatic carbocycles. The molecule has 4 aromatic rings. The molecule has 0 fully saturated rings. The highest BCUT2D eigenvalue weighted by molar-refractivity contribution is 5.96. The van der Waals surface area contributed by atoms with Crippen LogP contribution in [0.15, 0.2) is 84.9 Å². The SMILES string of the molecule is CCC(=O)c1ccc2c(c1)CCCN2Cc1ccc(C(O)(C(F)(F)F)C(F)(F)F)cc1.O=COCc1ccc2c(c1)CCCN2Cc1ccc(C(O)(C(F)(F)F)C(F)(F)F)cc1. The lowest BCUT2D eigenvalue weighted by atomic mass is 9.91. The van der Waals surface area contributed by atoms with Gasteiger partial charge in [0, 0.05) is 60.7 Å². The Morgan fingerprint density at radius 1 is 0.597 bits per heavy atom. The van der Waals surface area contributed by atoms with Crippen molar-refractivity contribution in [2.24, 2.45) is 0 Å². The Bertz CT molecular complexity index is 2160. The number of hydrogen-bond acceptors (Lipinski definition) is 7. The third-order valence-corrected chi connectivity index (χ3v) is 10.7. The van der Waals surface area contributed by atoms with Crippen molar-refractivity contribution in [1.82, 2.24) is 0 Å². The maximum Gasteiger partial charge on any atom is 0.430 e. The molecule has 2 aliphatic rings. The van der Waals surface area contributed by atoms with E-state index in [4.69, 9.17) is 4.74 Å². The Morgan fingerprint density at radius 3 is 1.37 bits per heavy atom. The van der Waals surface area contributed by atoms with Crippen LogP contribution in [0.2, 0.25) is 0 Å². The molecule has 0 atom stereocenters. The first-order valence-corrected chi connectivity index (χ1v) is 19.1. The minimum absolute atomic E-state index is 0.0253. The van der Waals surface area contributed by atoms with Crippen molar-refractivity contribution in [2.75, 3.05) is 22.9 Å². The molecule has 0 bridgehead atoms. The maximum atomic E-state index is 13.0. The van der Waals surface area contributed by atoms with Gasteiger partial charge >= 0.3 is 24.7 Å². The van der Waals surface area contributed by atoms with Gasteiger partial charge in [-0.15, -0.1) is 0 Å². The molecular formula is C43H40F12N2O5. The highest BCUT2D eigenvalue weighted by atomic mass is 19.4. The molecule has 0 amide bonds.